The first-order valence-corrected chi connectivity index (χ1v) is 7.31. The Balaban J connectivity index is 1.94. The van der Waals surface area contributed by atoms with Gasteiger partial charge in [0.1, 0.15) is 5.76 Å². The van der Waals surface area contributed by atoms with Crippen LogP contribution < -0.4 is 0 Å². The smallest absolute Gasteiger partial charge is 0.237 e. The van der Waals surface area contributed by atoms with Gasteiger partial charge in [0.25, 0.3) is 0 Å². The van der Waals surface area contributed by atoms with Crippen molar-refractivity contribution in [3.8, 4) is 0 Å². The molecule has 0 amide bonds. The van der Waals surface area contributed by atoms with Crippen molar-refractivity contribution in [1.29, 1.82) is 0 Å². The number of rotatable bonds is 2. The highest BCUT2D eigenvalue weighted by Crippen LogP contribution is 2.33. The Bertz CT molecular complexity index is 777. The molecule has 0 aromatic carbocycles. The number of hydrogen-bond donors (Lipinski definition) is 2. The van der Waals surface area contributed by atoms with Gasteiger partial charge in [-0.2, -0.15) is 0 Å². The van der Waals surface area contributed by atoms with Crippen LogP contribution in [0.2, 0.25) is 0 Å². The van der Waals surface area contributed by atoms with Gasteiger partial charge in [0, 0.05) is 31.0 Å². The number of Topliss-reactive ketones (excluding diaryl/α,β-unsaturated/α-hetero) is 2. The van der Waals surface area contributed by atoms with E-state index in [1.807, 2.05) is 36.3 Å². The third-order valence-corrected chi connectivity index (χ3v) is 4.33. The monoisotopic (exact) mass is 311 g/mol. The predicted octanol–water partition coefficient (Wildman–Crippen LogP) is 1.71. The van der Waals surface area contributed by atoms with Crippen LogP contribution in [0.1, 0.15) is 6.42 Å². The highest BCUT2D eigenvalue weighted by molar-refractivity contribution is 6.53. The summed E-state index contributed by atoms with van der Waals surface area (Å²) in [6.45, 7) is 3.53. The van der Waals surface area contributed by atoms with Gasteiger partial charge in [-0.05, 0) is 30.2 Å². The maximum absolute atomic E-state index is 11.9. The summed E-state index contributed by atoms with van der Waals surface area (Å²) in [6.07, 6.45) is 9.89. The van der Waals surface area contributed by atoms with E-state index in [1.54, 1.807) is 0 Å². The molecule has 1 heterocycles. The number of carbonyl (C=O) groups excluding carboxylic acids is 2. The molecule has 5 nitrogen and oxygen atoms in total. The first kappa shape index (κ1) is 15.2. The highest BCUT2D eigenvalue weighted by Gasteiger charge is 2.34. The molecule has 0 bridgehead atoms. The molecular weight excluding hydrogens is 294 g/mol. The van der Waals surface area contributed by atoms with Gasteiger partial charge in [0.2, 0.25) is 11.6 Å². The molecule has 5 heteroatoms. The summed E-state index contributed by atoms with van der Waals surface area (Å²) in [7, 11) is 1.85. The first-order valence-electron chi connectivity index (χ1n) is 7.31. The molecule has 1 aliphatic heterocycles. The highest BCUT2D eigenvalue weighted by atomic mass is 16.3. The molecule has 3 rings (SSSR count). The van der Waals surface area contributed by atoms with E-state index in [-0.39, 0.29) is 29.4 Å². The van der Waals surface area contributed by atoms with Gasteiger partial charge in [0.15, 0.2) is 0 Å². The van der Waals surface area contributed by atoms with E-state index in [0.29, 0.717) is 5.70 Å². The van der Waals surface area contributed by atoms with Gasteiger partial charge in [-0.1, -0.05) is 18.7 Å². The number of likely N-dealkylation sites (N-methyl/N-ethyl adjacent to an activating group) is 1. The fourth-order valence-corrected chi connectivity index (χ4v) is 2.90. The Morgan fingerprint density at radius 1 is 1.30 bits per heavy atom. The average Bonchev–Trinajstić information content (AvgIpc) is 2.74. The Labute approximate surface area is 133 Å². The second-order valence-electron chi connectivity index (χ2n) is 5.78. The lowest BCUT2D eigenvalue weighted by Gasteiger charge is -2.31. The van der Waals surface area contributed by atoms with Crippen LogP contribution in [0, 0.1) is 5.92 Å². The van der Waals surface area contributed by atoms with Gasteiger partial charge in [-0.15, -0.1) is 0 Å². The van der Waals surface area contributed by atoms with Crippen molar-refractivity contribution in [3.05, 3.63) is 70.8 Å². The maximum atomic E-state index is 11.9. The third kappa shape index (κ3) is 2.39. The predicted molar refractivity (Wildman–Crippen MR) is 85.2 cm³/mol. The number of nitrogens with zero attached hydrogens (tertiary/aromatic N) is 1. The van der Waals surface area contributed by atoms with Crippen LogP contribution in [0.3, 0.4) is 0 Å². The van der Waals surface area contributed by atoms with Crippen LogP contribution in [-0.2, 0) is 9.59 Å². The number of aliphatic hydroxyl groups is 2. The summed E-state index contributed by atoms with van der Waals surface area (Å²) in [4.78, 5) is 25.4. The van der Waals surface area contributed by atoms with Crippen molar-refractivity contribution in [2.75, 3.05) is 13.7 Å². The van der Waals surface area contributed by atoms with E-state index in [9.17, 15) is 19.8 Å². The van der Waals surface area contributed by atoms with Crippen molar-refractivity contribution in [1.82, 2.24) is 4.90 Å². The van der Waals surface area contributed by atoms with Crippen LogP contribution in [0.25, 0.3) is 0 Å². The molecule has 0 aromatic heterocycles. The summed E-state index contributed by atoms with van der Waals surface area (Å²) < 4.78 is 0. The van der Waals surface area contributed by atoms with E-state index in [2.05, 4.69) is 6.58 Å². The lowest BCUT2D eigenvalue weighted by Crippen LogP contribution is -2.23. The van der Waals surface area contributed by atoms with Gasteiger partial charge >= 0.3 is 0 Å². The Morgan fingerprint density at radius 3 is 2.65 bits per heavy atom. The average molecular weight is 311 g/mol. The molecular formula is C18H17NO4. The zero-order valence-corrected chi connectivity index (χ0v) is 12.7. The Hall–Kier alpha value is -2.66. The van der Waals surface area contributed by atoms with Crippen molar-refractivity contribution < 1.29 is 19.8 Å². The van der Waals surface area contributed by atoms with Gasteiger partial charge < -0.3 is 15.1 Å². The molecule has 2 N–H and O–H groups in total. The molecule has 3 aliphatic rings. The summed E-state index contributed by atoms with van der Waals surface area (Å²) in [5.41, 5.74) is 2.58. The molecule has 0 fully saturated rings. The summed E-state index contributed by atoms with van der Waals surface area (Å²) in [5, 5.41) is 19.2. The number of aliphatic hydroxyl groups excluding tert-OH is 2. The molecule has 23 heavy (non-hydrogen) atoms. The number of ketones is 2. The zero-order chi connectivity index (χ0) is 16.7. The SMILES string of the molecule is C=C1C(=O)C(=O)C(/C=C2\C=CC3=C(C=CC(CO)C3)N2C)=C1O. The van der Waals surface area contributed by atoms with E-state index < -0.39 is 11.6 Å². The molecule has 0 spiro atoms. The fourth-order valence-electron chi connectivity index (χ4n) is 2.90. The molecule has 0 saturated heterocycles. The standard InChI is InChI=1S/C18H17NO4/c1-10-16(21)14(18(23)17(10)22)8-13-5-4-12-7-11(9-20)3-6-15(12)19(13)2/h3-6,8,11,20-21H,1,7,9H2,2H3/b13-8+. The number of carbonyl (C=O) groups is 2. The molecule has 118 valence electrons. The minimum absolute atomic E-state index is 0.0245. The van der Waals surface area contributed by atoms with Crippen molar-refractivity contribution >= 4 is 11.6 Å². The molecule has 1 atom stereocenters. The minimum atomic E-state index is -0.764. The van der Waals surface area contributed by atoms with E-state index in [0.717, 1.165) is 17.7 Å². The van der Waals surface area contributed by atoms with Gasteiger partial charge in [0.05, 0.1) is 11.1 Å². The number of allylic oxidation sites excluding steroid dienone is 7. The third-order valence-electron chi connectivity index (χ3n) is 4.33. The number of hydrogen-bond acceptors (Lipinski definition) is 5. The van der Waals surface area contributed by atoms with Crippen molar-refractivity contribution in [2.45, 2.75) is 6.42 Å². The zero-order valence-electron chi connectivity index (χ0n) is 12.7. The van der Waals surface area contributed by atoms with E-state index in [1.165, 1.54) is 6.08 Å². The van der Waals surface area contributed by atoms with E-state index in [4.69, 9.17) is 0 Å². The van der Waals surface area contributed by atoms with Crippen molar-refractivity contribution in [3.63, 3.8) is 0 Å². The molecule has 0 saturated carbocycles. The molecule has 0 radical (unpaired) electrons. The lowest BCUT2D eigenvalue weighted by molar-refractivity contribution is -0.131. The summed E-state index contributed by atoms with van der Waals surface area (Å²) >= 11 is 0. The van der Waals surface area contributed by atoms with Gasteiger partial charge in [-0.3, -0.25) is 9.59 Å². The lowest BCUT2D eigenvalue weighted by atomic mass is 9.90. The van der Waals surface area contributed by atoms with Crippen LogP contribution in [-0.4, -0.2) is 40.3 Å². The maximum Gasteiger partial charge on any atom is 0.237 e. The molecule has 2 aliphatic carbocycles. The quantitative estimate of drug-likeness (QED) is 0.600. The van der Waals surface area contributed by atoms with E-state index >= 15 is 0 Å². The Morgan fingerprint density at radius 2 is 2.04 bits per heavy atom. The normalized spacial score (nSPS) is 26.0. The Kier molecular flexibility index (Phi) is 3.66. The topological polar surface area (TPSA) is 77.8 Å². The molecule has 1 unspecified atom stereocenters. The minimum Gasteiger partial charge on any atom is -0.506 e. The van der Waals surface area contributed by atoms with Crippen molar-refractivity contribution in [2.24, 2.45) is 5.92 Å². The summed E-state index contributed by atoms with van der Waals surface area (Å²) in [6, 6.07) is 0. The molecule has 0 aromatic rings. The van der Waals surface area contributed by atoms with Crippen LogP contribution >= 0.6 is 0 Å². The van der Waals surface area contributed by atoms with Crippen LogP contribution in [0.15, 0.2) is 70.8 Å². The van der Waals surface area contributed by atoms with Crippen LogP contribution in [0.5, 0.6) is 0 Å². The van der Waals surface area contributed by atoms with Gasteiger partial charge in [-0.25, -0.2) is 0 Å². The summed E-state index contributed by atoms with van der Waals surface area (Å²) in [5.74, 6) is -1.74. The second-order valence-corrected chi connectivity index (χ2v) is 5.78. The van der Waals surface area contributed by atoms with Crippen LogP contribution in [0.4, 0.5) is 0 Å². The first-order chi connectivity index (χ1) is 10.9. The fraction of sp³-hybridized carbons (Fsp3) is 0.222. The largest absolute Gasteiger partial charge is 0.506 e. The second kappa shape index (κ2) is 5.52.